The van der Waals surface area contributed by atoms with Crippen LogP contribution in [0.25, 0.3) is 0 Å². The zero-order chi connectivity index (χ0) is 9.99. The summed E-state index contributed by atoms with van der Waals surface area (Å²) in [5.74, 6) is 0. The monoisotopic (exact) mass is 194 g/mol. The van der Waals surface area contributed by atoms with Crippen LogP contribution in [-0.4, -0.2) is 25.8 Å². The van der Waals surface area contributed by atoms with Crippen molar-refractivity contribution < 1.29 is 8.42 Å². The van der Waals surface area contributed by atoms with Gasteiger partial charge < -0.3 is 5.73 Å². The molecular formula is C7H18N2O2S. The molecule has 0 atom stereocenters. The minimum absolute atomic E-state index is 0.291. The van der Waals surface area contributed by atoms with E-state index in [4.69, 9.17) is 5.73 Å². The summed E-state index contributed by atoms with van der Waals surface area (Å²) < 4.78 is 25.2. The van der Waals surface area contributed by atoms with Crippen LogP contribution in [0.3, 0.4) is 0 Å². The van der Waals surface area contributed by atoms with Crippen molar-refractivity contribution in [3.8, 4) is 0 Å². The average molecular weight is 194 g/mol. The molecular weight excluding hydrogens is 176 g/mol. The van der Waals surface area contributed by atoms with Crippen molar-refractivity contribution in [1.82, 2.24) is 4.72 Å². The molecule has 0 heterocycles. The predicted molar refractivity (Wildman–Crippen MR) is 50.3 cm³/mol. The van der Waals surface area contributed by atoms with Gasteiger partial charge in [-0.15, -0.1) is 0 Å². The Morgan fingerprint density at radius 2 is 1.83 bits per heavy atom. The number of hydrogen-bond acceptors (Lipinski definition) is 3. The van der Waals surface area contributed by atoms with Crippen LogP contribution in [0.15, 0.2) is 0 Å². The molecule has 0 aliphatic rings. The summed E-state index contributed by atoms with van der Waals surface area (Å²) in [5, 5.41) is -0.414. The molecule has 0 unspecified atom stereocenters. The molecule has 0 aliphatic carbocycles. The van der Waals surface area contributed by atoms with Crippen LogP contribution >= 0.6 is 0 Å². The van der Waals surface area contributed by atoms with Crippen molar-refractivity contribution in [2.75, 3.05) is 6.54 Å². The lowest BCUT2D eigenvalue weighted by atomic mass is 10.1. The van der Waals surface area contributed by atoms with Crippen molar-refractivity contribution in [3.63, 3.8) is 0 Å². The molecule has 0 radical (unpaired) electrons. The lowest BCUT2D eigenvalue weighted by Crippen LogP contribution is -2.50. The largest absolute Gasteiger partial charge is 0.329 e. The Hall–Kier alpha value is -0.130. The third-order valence-corrected chi connectivity index (χ3v) is 3.63. The Kier molecular flexibility index (Phi) is 3.68. The van der Waals surface area contributed by atoms with E-state index in [2.05, 4.69) is 4.72 Å². The minimum Gasteiger partial charge on any atom is -0.329 e. The second-order valence-electron chi connectivity index (χ2n) is 3.78. The molecule has 0 aliphatic heterocycles. The smallest absolute Gasteiger partial charge is 0.214 e. The van der Waals surface area contributed by atoms with Crippen LogP contribution in [0.1, 0.15) is 27.7 Å². The van der Waals surface area contributed by atoms with E-state index in [1.165, 1.54) is 0 Å². The van der Waals surface area contributed by atoms with Gasteiger partial charge in [0, 0.05) is 12.1 Å². The second kappa shape index (κ2) is 3.72. The molecule has 12 heavy (non-hydrogen) atoms. The Labute approximate surface area is 74.6 Å². The van der Waals surface area contributed by atoms with Crippen molar-refractivity contribution in [1.29, 1.82) is 0 Å². The quantitative estimate of drug-likeness (QED) is 0.664. The zero-order valence-electron chi connectivity index (χ0n) is 8.09. The van der Waals surface area contributed by atoms with Crippen LogP contribution < -0.4 is 10.5 Å². The van der Waals surface area contributed by atoms with Gasteiger partial charge in [-0.1, -0.05) is 0 Å². The standard InChI is InChI=1S/C7H18N2O2S/c1-6(2)12(10,11)9-7(3,4)5-8/h6,9H,5,8H2,1-4H3. The highest BCUT2D eigenvalue weighted by Gasteiger charge is 2.25. The number of nitrogens with two attached hydrogens (primary N) is 1. The van der Waals surface area contributed by atoms with E-state index in [9.17, 15) is 8.42 Å². The molecule has 0 fully saturated rings. The summed E-state index contributed by atoms with van der Waals surface area (Å²) in [6.07, 6.45) is 0. The summed E-state index contributed by atoms with van der Waals surface area (Å²) in [7, 11) is -3.20. The summed E-state index contributed by atoms with van der Waals surface area (Å²) in [6, 6.07) is 0. The Morgan fingerprint density at radius 1 is 1.42 bits per heavy atom. The first-order valence-corrected chi connectivity index (χ1v) is 5.49. The van der Waals surface area contributed by atoms with Crippen LogP contribution in [0.5, 0.6) is 0 Å². The maximum absolute atomic E-state index is 11.3. The first-order valence-electron chi connectivity index (χ1n) is 3.94. The molecule has 74 valence electrons. The molecule has 0 amide bonds. The van der Waals surface area contributed by atoms with E-state index in [-0.39, 0.29) is 0 Å². The topological polar surface area (TPSA) is 72.2 Å². The molecule has 0 spiro atoms. The first kappa shape index (κ1) is 11.9. The van der Waals surface area contributed by atoms with Gasteiger partial charge in [0.05, 0.1) is 5.25 Å². The van der Waals surface area contributed by atoms with Gasteiger partial charge in [0.25, 0.3) is 0 Å². The number of sulfonamides is 1. The molecule has 0 aromatic rings. The van der Waals surface area contributed by atoms with Crippen molar-refractivity contribution in [3.05, 3.63) is 0 Å². The first-order chi connectivity index (χ1) is 5.21. The molecule has 0 bridgehead atoms. The maximum atomic E-state index is 11.3. The summed E-state index contributed by atoms with van der Waals surface area (Å²) in [5.41, 5.74) is 4.83. The van der Waals surface area contributed by atoms with Gasteiger partial charge in [-0.3, -0.25) is 0 Å². The van der Waals surface area contributed by atoms with E-state index in [0.29, 0.717) is 6.54 Å². The van der Waals surface area contributed by atoms with Gasteiger partial charge in [-0.25, -0.2) is 13.1 Å². The van der Waals surface area contributed by atoms with E-state index in [1.807, 2.05) is 0 Å². The number of hydrogen-bond donors (Lipinski definition) is 2. The molecule has 4 nitrogen and oxygen atoms in total. The van der Waals surface area contributed by atoms with Gasteiger partial charge in [-0.2, -0.15) is 0 Å². The third-order valence-electron chi connectivity index (χ3n) is 1.55. The molecule has 5 heteroatoms. The average Bonchev–Trinajstić information content (AvgIpc) is 1.85. The minimum atomic E-state index is -3.20. The Bertz CT molecular complexity index is 232. The molecule has 0 saturated heterocycles. The van der Waals surface area contributed by atoms with E-state index >= 15 is 0 Å². The highest BCUT2D eigenvalue weighted by atomic mass is 32.2. The molecule has 0 rings (SSSR count). The number of rotatable bonds is 4. The zero-order valence-corrected chi connectivity index (χ0v) is 8.90. The van der Waals surface area contributed by atoms with Crippen LogP contribution in [0.4, 0.5) is 0 Å². The fraction of sp³-hybridized carbons (Fsp3) is 1.00. The maximum Gasteiger partial charge on any atom is 0.214 e. The highest BCUT2D eigenvalue weighted by Crippen LogP contribution is 2.05. The molecule has 0 aromatic carbocycles. The fourth-order valence-corrected chi connectivity index (χ4v) is 1.63. The third kappa shape index (κ3) is 3.51. The van der Waals surface area contributed by atoms with Gasteiger partial charge in [0.15, 0.2) is 0 Å². The van der Waals surface area contributed by atoms with Crippen molar-refractivity contribution in [2.24, 2.45) is 5.73 Å². The van der Waals surface area contributed by atoms with Gasteiger partial charge >= 0.3 is 0 Å². The van der Waals surface area contributed by atoms with Crippen LogP contribution in [0.2, 0.25) is 0 Å². The Morgan fingerprint density at radius 3 is 2.08 bits per heavy atom. The SMILES string of the molecule is CC(C)S(=O)(=O)NC(C)(C)CN. The van der Waals surface area contributed by atoms with E-state index < -0.39 is 20.8 Å². The summed E-state index contributed by atoms with van der Waals surface area (Å²) >= 11 is 0. The normalized spacial score (nSPS) is 13.8. The van der Waals surface area contributed by atoms with Crippen molar-refractivity contribution in [2.45, 2.75) is 38.5 Å². The number of nitrogens with one attached hydrogen (secondary N) is 1. The lowest BCUT2D eigenvalue weighted by molar-refractivity contribution is 0.459. The lowest BCUT2D eigenvalue weighted by Gasteiger charge is -2.25. The molecule has 0 aromatic heterocycles. The van der Waals surface area contributed by atoms with Gasteiger partial charge in [0.1, 0.15) is 0 Å². The Balaban J connectivity index is 4.47. The fourth-order valence-electron chi connectivity index (χ4n) is 0.545. The summed E-state index contributed by atoms with van der Waals surface area (Å²) in [4.78, 5) is 0. The van der Waals surface area contributed by atoms with Crippen molar-refractivity contribution >= 4 is 10.0 Å². The highest BCUT2D eigenvalue weighted by molar-refractivity contribution is 7.90. The molecule has 0 saturated carbocycles. The second-order valence-corrected chi connectivity index (χ2v) is 6.02. The van der Waals surface area contributed by atoms with Gasteiger partial charge in [-0.05, 0) is 27.7 Å². The van der Waals surface area contributed by atoms with E-state index in [1.54, 1.807) is 27.7 Å². The van der Waals surface area contributed by atoms with E-state index in [0.717, 1.165) is 0 Å². The summed E-state index contributed by atoms with van der Waals surface area (Å²) in [6.45, 7) is 7.07. The van der Waals surface area contributed by atoms with Crippen LogP contribution in [-0.2, 0) is 10.0 Å². The molecule has 3 N–H and O–H groups in total. The van der Waals surface area contributed by atoms with Gasteiger partial charge in [0.2, 0.25) is 10.0 Å². The van der Waals surface area contributed by atoms with Crippen LogP contribution in [0, 0.1) is 0 Å². The predicted octanol–water partition coefficient (Wildman–Crippen LogP) is 0.0515.